The SMILES string of the molecule is Cc1c(Cl)nc(C2CC2)nc1C(=O)O. The molecule has 0 atom stereocenters. The molecule has 0 aromatic carbocycles. The number of halogens is 1. The maximum Gasteiger partial charge on any atom is 0.354 e. The van der Waals surface area contributed by atoms with Crippen LogP contribution in [0, 0.1) is 6.92 Å². The predicted molar refractivity (Wildman–Crippen MR) is 50.7 cm³/mol. The van der Waals surface area contributed by atoms with Crippen LogP contribution in [-0.4, -0.2) is 21.0 Å². The normalized spacial score (nSPS) is 15.6. The van der Waals surface area contributed by atoms with Crippen LogP contribution < -0.4 is 0 Å². The monoisotopic (exact) mass is 212 g/mol. The molecule has 74 valence electrons. The van der Waals surface area contributed by atoms with Gasteiger partial charge in [0.25, 0.3) is 0 Å². The van der Waals surface area contributed by atoms with Crippen molar-refractivity contribution in [1.29, 1.82) is 0 Å². The van der Waals surface area contributed by atoms with Crippen molar-refractivity contribution in [2.75, 3.05) is 0 Å². The number of aromatic carboxylic acids is 1. The molecule has 4 nitrogen and oxygen atoms in total. The van der Waals surface area contributed by atoms with Gasteiger partial charge < -0.3 is 5.11 Å². The topological polar surface area (TPSA) is 63.1 Å². The molecule has 0 unspecified atom stereocenters. The van der Waals surface area contributed by atoms with E-state index < -0.39 is 5.97 Å². The average molecular weight is 213 g/mol. The first-order valence-electron chi connectivity index (χ1n) is 4.37. The third kappa shape index (κ3) is 1.57. The molecule has 1 saturated carbocycles. The van der Waals surface area contributed by atoms with Gasteiger partial charge in [-0.2, -0.15) is 0 Å². The Balaban J connectivity index is 2.51. The minimum atomic E-state index is -1.05. The van der Waals surface area contributed by atoms with Crippen LogP contribution in [0.4, 0.5) is 0 Å². The average Bonchev–Trinajstić information content (AvgIpc) is 2.91. The number of carboxylic acid groups (broad SMARTS) is 1. The summed E-state index contributed by atoms with van der Waals surface area (Å²) in [6.45, 7) is 1.61. The van der Waals surface area contributed by atoms with E-state index in [1.165, 1.54) is 0 Å². The van der Waals surface area contributed by atoms with E-state index in [0.717, 1.165) is 12.8 Å². The molecule has 1 aliphatic carbocycles. The molecule has 1 N–H and O–H groups in total. The summed E-state index contributed by atoms with van der Waals surface area (Å²) in [6.07, 6.45) is 2.05. The summed E-state index contributed by atoms with van der Waals surface area (Å²) in [5.74, 6) is -0.169. The van der Waals surface area contributed by atoms with Gasteiger partial charge in [-0.25, -0.2) is 14.8 Å². The van der Waals surface area contributed by atoms with Crippen molar-refractivity contribution < 1.29 is 9.90 Å². The molecule has 1 fully saturated rings. The minimum Gasteiger partial charge on any atom is -0.476 e. The molecule has 0 amide bonds. The van der Waals surface area contributed by atoms with Crippen molar-refractivity contribution in [3.63, 3.8) is 0 Å². The molecule has 0 bridgehead atoms. The van der Waals surface area contributed by atoms with Crippen LogP contribution in [0.3, 0.4) is 0 Å². The predicted octanol–water partition coefficient (Wildman–Crippen LogP) is 2.01. The van der Waals surface area contributed by atoms with Gasteiger partial charge in [0, 0.05) is 11.5 Å². The largest absolute Gasteiger partial charge is 0.476 e. The van der Waals surface area contributed by atoms with E-state index in [0.29, 0.717) is 17.3 Å². The molecule has 1 aromatic heterocycles. The fourth-order valence-corrected chi connectivity index (χ4v) is 1.41. The standard InChI is InChI=1S/C9H9ClN2O2/c1-4-6(9(13)14)11-8(5-2-3-5)12-7(4)10/h5H,2-3H2,1H3,(H,13,14). The first-order valence-corrected chi connectivity index (χ1v) is 4.74. The fraction of sp³-hybridized carbons (Fsp3) is 0.444. The van der Waals surface area contributed by atoms with Gasteiger partial charge >= 0.3 is 5.97 Å². The lowest BCUT2D eigenvalue weighted by molar-refractivity contribution is 0.0689. The third-order valence-electron chi connectivity index (χ3n) is 2.25. The quantitative estimate of drug-likeness (QED) is 0.762. The van der Waals surface area contributed by atoms with E-state index in [9.17, 15) is 4.79 Å². The highest BCUT2D eigenvalue weighted by Crippen LogP contribution is 2.38. The maximum absolute atomic E-state index is 10.8. The zero-order valence-corrected chi connectivity index (χ0v) is 8.38. The van der Waals surface area contributed by atoms with Crippen molar-refractivity contribution in [2.45, 2.75) is 25.7 Å². The number of rotatable bonds is 2. The number of carboxylic acids is 1. The summed E-state index contributed by atoms with van der Waals surface area (Å²) < 4.78 is 0. The molecule has 5 heteroatoms. The van der Waals surface area contributed by atoms with Crippen LogP contribution in [-0.2, 0) is 0 Å². The molecule has 1 heterocycles. The van der Waals surface area contributed by atoms with Gasteiger partial charge in [0.15, 0.2) is 5.69 Å². The van der Waals surface area contributed by atoms with E-state index >= 15 is 0 Å². The Morgan fingerprint density at radius 3 is 2.64 bits per heavy atom. The van der Waals surface area contributed by atoms with Crippen LogP contribution in [0.2, 0.25) is 5.15 Å². The second-order valence-electron chi connectivity index (χ2n) is 3.43. The van der Waals surface area contributed by atoms with E-state index in [1.54, 1.807) is 6.92 Å². The maximum atomic E-state index is 10.8. The van der Waals surface area contributed by atoms with Gasteiger partial charge in [-0.1, -0.05) is 11.6 Å². The molecule has 1 aliphatic rings. The van der Waals surface area contributed by atoms with E-state index in [4.69, 9.17) is 16.7 Å². The Bertz CT molecular complexity index is 402. The van der Waals surface area contributed by atoms with Crippen LogP contribution in [0.5, 0.6) is 0 Å². The zero-order valence-electron chi connectivity index (χ0n) is 7.62. The van der Waals surface area contributed by atoms with Crippen molar-refractivity contribution in [2.24, 2.45) is 0 Å². The fourth-order valence-electron chi connectivity index (χ4n) is 1.24. The Kier molecular flexibility index (Phi) is 2.15. The van der Waals surface area contributed by atoms with Gasteiger partial charge in [-0.3, -0.25) is 0 Å². The molecular formula is C9H9ClN2O2. The molecule has 0 aliphatic heterocycles. The second kappa shape index (κ2) is 3.20. The first kappa shape index (κ1) is 9.40. The number of hydrogen-bond acceptors (Lipinski definition) is 3. The van der Waals surface area contributed by atoms with Gasteiger partial charge in [0.1, 0.15) is 11.0 Å². The molecule has 0 radical (unpaired) electrons. The zero-order chi connectivity index (χ0) is 10.3. The van der Waals surface area contributed by atoms with Crippen LogP contribution in [0.15, 0.2) is 0 Å². The highest BCUT2D eigenvalue weighted by atomic mass is 35.5. The number of carbonyl (C=O) groups is 1. The lowest BCUT2D eigenvalue weighted by atomic mass is 10.2. The lowest BCUT2D eigenvalue weighted by Crippen LogP contribution is -2.08. The molecule has 14 heavy (non-hydrogen) atoms. The Hall–Kier alpha value is -1.16. The number of hydrogen-bond donors (Lipinski definition) is 1. The van der Waals surface area contributed by atoms with Gasteiger partial charge in [0.05, 0.1) is 0 Å². The lowest BCUT2D eigenvalue weighted by Gasteiger charge is -2.04. The first-order chi connectivity index (χ1) is 6.59. The Morgan fingerprint density at radius 2 is 2.14 bits per heavy atom. The minimum absolute atomic E-state index is 0.0203. The van der Waals surface area contributed by atoms with Crippen LogP contribution >= 0.6 is 11.6 Å². The van der Waals surface area contributed by atoms with Crippen LogP contribution in [0.1, 0.15) is 40.6 Å². The Labute approximate surface area is 85.9 Å². The van der Waals surface area contributed by atoms with Crippen molar-refractivity contribution in [3.05, 3.63) is 22.2 Å². The van der Waals surface area contributed by atoms with Crippen molar-refractivity contribution in [1.82, 2.24) is 9.97 Å². The van der Waals surface area contributed by atoms with E-state index in [-0.39, 0.29) is 10.8 Å². The van der Waals surface area contributed by atoms with E-state index in [2.05, 4.69) is 9.97 Å². The van der Waals surface area contributed by atoms with Gasteiger partial charge in [-0.15, -0.1) is 0 Å². The highest BCUT2D eigenvalue weighted by molar-refractivity contribution is 6.30. The number of aromatic nitrogens is 2. The summed E-state index contributed by atoms with van der Waals surface area (Å²) >= 11 is 5.82. The van der Waals surface area contributed by atoms with Gasteiger partial charge in [-0.05, 0) is 19.8 Å². The summed E-state index contributed by atoms with van der Waals surface area (Å²) in [5.41, 5.74) is 0.454. The molecule has 0 saturated heterocycles. The smallest absolute Gasteiger partial charge is 0.354 e. The summed E-state index contributed by atoms with van der Waals surface area (Å²) in [6, 6.07) is 0. The number of nitrogens with zero attached hydrogens (tertiary/aromatic N) is 2. The van der Waals surface area contributed by atoms with Crippen molar-refractivity contribution >= 4 is 17.6 Å². The van der Waals surface area contributed by atoms with Crippen molar-refractivity contribution in [3.8, 4) is 0 Å². The van der Waals surface area contributed by atoms with Gasteiger partial charge in [0.2, 0.25) is 0 Å². The Morgan fingerprint density at radius 1 is 1.50 bits per heavy atom. The van der Waals surface area contributed by atoms with Crippen LogP contribution in [0.25, 0.3) is 0 Å². The third-order valence-corrected chi connectivity index (χ3v) is 2.62. The summed E-state index contributed by atoms with van der Waals surface area (Å²) in [7, 11) is 0. The summed E-state index contributed by atoms with van der Waals surface area (Å²) in [5, 5.41) is 9.12. The molecule has 2 rings (SSSR count). The second-order valence-corrected chi connectivity index (χ2v) is 3.78. The molecule has 1 aromatic rings. The summed E-state index contributed by atoms with van der Waals surface area (Å²) in [4.78, 5) is 18.9. The molecular weight excluding hydrogens is 204 g/mol. The molecule has 0 spiro atoms. The van der Waals surface area contributed by atoms with E-state index in [1.807, 2.05) is 0 Å². The highest BCUT2D eigenvalue weighted by Gasteiger charge is 2.28.